The first-order chi connectivity index (χ1) is 25.7. The molecule has 1 unspecified atom stereocenters. The standard InChI is InChI=1S/C41H50ClN3O7S/c1-49-39(47)29-26-45(27-29)31-11-14-34-37(25-31)53(2,3)36-24-30(44-17-8-18-44)10-13-33(36)41(34)35-23-28(9-12-32(35)40(48)52-41)38(46)43-16-20-51-22-21-50-19-7-5-4-6-15-42/h9-14,23-25,29H,4-8,15-22,26-27H2,1-3H3,(H,43,46). The number of unbranched alkanes of at least 4 members (excludes halogenated alkanes) is 3. The molecule has 2 saturated heterocycles. The SMILES string of the molecule is COC(=O)C1CN(c2ccc3c(c2)S(C)(C)c2cc(N4CCC4)ccc2C32OC(=O)c3ccc(C(=O)NCCOCCOCCCCCCCl)cc32)C1. The van der Waals surface area contributed by atoms with Gasteiger partial charge in [-0.15, -0.1) is 11.6 Å². The third-order valence-corrected chi connectivity index (χ3v) is 14.1. The van der Waals surface area contributed by atoms with Crippen molar-refractivity contribution < 1.29 is 33.3 Å². The fourth-order valence-corrected chi connectivity index (χ4v) is 10.6. The van der Waals surface area contributed by atoms with Crippen molar-refractivity contribution in [2.75, 3.05) is 94.5 Å². The van der Waals surface area contributed by atoms with E-state index in [-0.39, 0.29) is 17.8 Å². The summed E-state index contributed by atoms with van der Waals surface area (Å²) in [6.07, 6.45) is 10.1. The van der Waals surface area contributed by atoms with Crippen molar-refractivity contribution in [1.29, 1.82) is 0 Å². The van der Waals surface area contributed by atoms with Gasteiger partial charge < -0.3 is 34.1 Å². The van der Waals surface area contributed by atoms with Gasteiger partial charge in [0, 0.05) is 88.6 Å². The number of carbonyl (C=O) groups is 3. The second-order valence-corrected chi connectivity index (χ2v) is 18.5. The van der Waals surface area contributed by atoms with E-state index in [1.807, 2.05) is 6.07 Å². The maximum Gasteiger partial charge on any atom is 0.340 e. The van der Waals surface area contributed by atoms with E-state index in [0.717, 1.165) is 65.4 Å². The zero-order valence-corrected chi connectivity index (χ0v) is 32.5. The maximum atomic E-state index is 13.8. The highest BCUT2D eigenvalue weighted by Crippen LogP contribution is 2.69. The van der Waals surface area contributed by atoms with E-state index in [4.69, 9.17) is 30.5 Å². The second-order valence-electron chi connectivity index (χ2n) is 14.6. The third-order valence-electron chi connectivity index (χ3n) is 11.0. The van der Waals surface area contributed by atoms with Gasteiger partial charge in [-0.1, -0.05) is 25.0 Å². The molecule has 4 aliphatic heterocycles. The minimum Gasteiger partial charge on any atom is -0.469 e. The van der Waals surface area contributed by atoms with E-state index in [1.54, 1.807) is 12.1 Å². The van der Waals surface area contributed by atoms with Crippen LogP contribution in [0.1, 0.15) is 69.5 Å². The Labute approximate surface area is 318 Å². The number of methoxy groups -OCH3 is 1. The Morgan fingerprint density at radius 2 is 1.51 bits per heavy atom. The van der Waals surface area contributed by atoms with Gasteiger partial charge in [-0.25, -0.2) is 4.79 Å². The number of nitrogens with zero attached hydrogens (tertiary/aromatic N) is 2. The van der Waals surface area contributed by atoms with Crippen molar-refractivity contribution in [2.24, 2.45) is 5.92 Å². The Kier molecular flexibility index (Phi) is 11.3. The third kappa shape index (κ3) is 7.13. The van der Waals surface area contributed by atoms with Crippen molar-refractivity contribution in [2.45, 2.75) is 47.5 Å². The molecule has 0 aromatic heterocycles. The van der Waals surface area contributed by atoms with E-state index in [2.05, 4.69) is 64.0 Å². The number of esters is 2. The summed E-state index contributed by atoms with van der Waals surface area (Å²) in [7, 11) is -0.171. The number of fused-ring (bicyclic) bond motifs is 6. The van der Waals surface area contributed by atoms with Crippen LogP contribution in [-0.4, -0.2) is 102 Å². The van der Waals surface area contributed by atoms with Gasteiger partial charge in [0.25, 0.3) is 5.91 Å². The lowest BCUT2D eigenvalue weighted by molar-refractivity contribution is -0.146. The van der Waals surface area contributed by atoms with Crippen LogP contribution < -0.4 is 15.1 Å². The molecule has 7 rings (SSSR count). The van der Waals surface area contributed by atoms with Gasteiger partial charge in [0.1, 0.15) is 0 Å². The summed E-state index contributed by atoms with van der Waals surface area (Å²) >= 11 is 5.72. The summed E-state index contributed by atoms with van der Waals surface area (Å²) < 4.78 is 22.9. The molecule has 4 heterocycles. The summed E-state index contributed by atoms with van der Waals surface area (Å²) in [5.74, 6) is -0.297. The molecule has 284 valence electrons. The lowest BCUT2D eigenvalue weighted by Crippen LogP contribution is -2.51. The Morgan fingerprint density at radius 3 is 2.15 bits per heavy atom. The van der Waals surface area contributed by atoms with Crippen molar-refractivity contribution in [3.8, 4) is 0 Å². The highest BCUT2D eigenvalue weighted by molar-refractivity contribution is 8.32. The molecule has 0 bridgehead atoms. The molecule has 12 heteroatoms. The van der Waals surface area contributed by atoms with Gasteiger partial charge >= 0.3 is 11.9 Å². The lowest BCUT2D eigenvalue weighted by Gasteiger charge is -2.48. The zero-order chi connectivity index (χ0) is 37.2. The first-order valence-electron chi connectivity index (χ1n) is 18.7. The number of amides is 1. The van der Waals surface area contributed by atoms with Crippen LogP contribution in [-0.2, 0) is 29.3 Å². The Hall–Kier alpha value is -3.77. The predicted molar refractivity (Wildman–Crippen MR) is 208 cm³/mol. The normalized spacial score (nSPS) is 20.1. The van der Waals surface area contributed by atoms with Crippen LogP contribution in [0, 0.1) is 5.92 Å². The number of rotatable bonds is 16. The zero-order valence-electron chi connectivity index (χ0n) is 30.9. The molecule has 1 atom stereocenters. The Balaban J connectivity index is 1.13. The molecule has 2 fully saturated rings. The van der Waals surface area contributed by atoms with Gasteiger partial charge in [-0.3, -0.25) is 9.59 Å². The van der Waals surface area contributed by atoms with Gasteiger partial charge in [0.2, 0.25) is 0 Å². The van der Waals surface area contributed by atoms with Gasteiger partial charge in [-0.05, 0) is 74.2 Å². The van der Waals surface area contributed by atoms with Crippen LogP contribution in [0.2, 0.25) is 0 Å². The van der Waals surface area contributed by atoms with E-state index in [0.29, 0.717) is 68.6 Å². The molecule has 1 N–H and O–H groups in total. The van der Waals surface area contributed by atoms with Gasteiger partial charge in [0.05, 0.1) is 38.4 Å². The minimum absolute atomic E-state index is 0.151. The average molecular weight is 764 g/mol. The lowest BCUT2D eigenvalue weighted by atomic mass is 9.78. The van der Waals surface area contributed by atoms with Crippen LogP contribution in [0.5, 0.6) is 0 Å². The van der Waals surface area contributed by atoms with E-state index >= 15 is 0 Å². The second kappa shape index (κ2) is 15.9. The number of halogens is 1. The average Bonchev–Trinajstić information content (AvgIpc) is 3.41. The minimum atomic E-state index is -1.60. The molecule has 3 aromatic carbocycles. The Bertz CT molecular complexity index is 1860. The van der Waals surface area contributed by atoms with Crippen LogP contribution in [0.3, 0.4) is 0 Å². The van der Waals surface area contributed by atoms with E-state index in [9.17, 15) is 14.4 Å². The maximum absolute atomic E-state index is 13.8. The summed E-state index contributed by atoms with van der Waals surface area (Å²) in [6, 6.07) is 18.1. The Morgan fingerprint density at radius 1 is 0.849 bits per heavy atom. The molecule has 1 spiro atoms. The monoisotopic (exact) mass is 763 g/mol. The first kappa shape index (κ1) is 37.5. The molecule has 3 aromatic rings. The fourth-order valence-electron chi connectivity index (χ4n) is 7.80. The molecule has 0 aliphatic carbocycles. The summed E-state index contributed by atoms with van der Waals surface area (Å²) in [5, 5.41) is 2.97. The number of hydrogen-bond acceptors (Lipinski definition) is 9. The molecule has 4 aliphatic rings. The van der Waals surface area contributed by atoms with E-state index < -0.39 is 21.6 Å². The number of nitrogens with one attached hydrogen (secondary N) is 1. The summed E-state index contributed by atoms with van der Waals surface area (Å²) in [4.78, 5) is 46.3. The van der Waals surface area contributed by atoms with Gasteiger partial charge in [0.15, 0.2) is 5.60 Å². The topological polar surface area (TPSA) is 107 Å². The molecule has 0 saturated carbocycles. The molecule has 0 radical (unpaired) electrons. The first-order valence-corrected chi connectivity index (χ1v) is 21.6. The largest absolute Gasteiger partial charge is 0.469 e. The quantitative estimate of drug-likeness (QED) is 0.102. The molecular formula is C41H50ClN3O7S. The highest BCUT2D eigenvalue weighted by atomic mass is 35.5. The molecule has 53 heavy (non-hydrogen) atoms. The van der Waals surface area contributed by atoms with Crippen LogP contribution in [0.25, 0.3) is 0 Å². The smallest absolute Gasteiger partial charge is 0.340 e. The van der Waals surface area contributed by atoms with Crippen molar-refractivity contribution in [3.63, 3.8) is 0 Å². The number of ether oxygens (including phenoxy) is 4. The number of anilines is 2. The number of benzene rings is 3. The van der Waals surface area contributed by atoms with Crippen molar-refractivity contribution in [1.82, 2.24) is 5.32 Å². The van der Waals surface area contributed by atoms with Gasteiger partial charge in [-0.2, -0.15) is 10.0 Å². The molecule has 10 nitrogen and oxygen atoms in total. The predicted octanol–water partition coefficient (Wildman–Crippen LogP) is 6.33. The van der Waals surface area contributed by atoms with Crippen LogP contribution >= 0.6 is 21.6 Å². The molecular weight excluding hydrogens is 714 g/mol. The highest BCUT2D eigenvalue weighted by Gasteiger charge is 2.55. The summed E-state index contributed by atoms with van der Waals surface area (Å²) in [5.41, 5.74) is 4.38. The van der Waals surface area contributed by atoms with Crippen LogP contribution in [0.4, 0.5) is 11.4 Å². The summed E-state index contributed by atoms with van der Waals surface area (Å²) in [6.45, 7) is 5.59. The number of hydrogen-bond donors (Lipinski definition) is 1. The molecule has 1 amide bonds. The van der Waals surface area contributed by atoms with Crippen molar-refractivity contribution >= 4 is 50.8 Å². The number of carbonyl (C=O) groups excluding carboxylic acids is 3. The van der Waals surface area contributed by atoms with Crippen LogP contribution in [0.15, 0.2) is 64.4 Å². The van der Waals surface area contributed by atoms with Crippen molar-refractivity contribution in [3.05, 3.63) is 82.4 Å². The fraction of sp³-hybridized carbons (Fsp3) is 0.488. The van der Waals surface area contributed by atoms with E-state index in [1.165, 1.54) is 19.2 Å². The number of alkyl halides is 1.